The molecule has 0 spiro atoms. The summed E-state index contributed by atoms with van der Waals surface area (Å²) in [4.78, 5) is 14.8. The van der Waals surface area contributed by atoms with Gasteiger partial charge in [0.1, 0.15) is 17.2 Å². The maximum atomic E-state index is 10.9. The molecule has 1 aliphatic heterocycles. The van der Waals surface area contributed by atoms with Crippen LogP contribution in [0.2, 0.25) is 0 Å². The zero-order valence-electron chi connectivity index (χ0n) is 9.95. The summed E-state index contributed by atoms with van der Waals surface area (Å²) >= 11 is 0. The van der Waals surface area contributed by atoms with Crippen molar-refractivity contribution in [1.82, 2.24) is 4.98 Å². The first kappa shape index (κ1) is 11.5. The number of fused-ring (bicyclic) bond motifs is 1. The van der Waals surface area contributed by atoms with E-state index in [9.17, 15) is 4.79 Å². The molecule has 0 aliphatic carbocycles. The number of ether oxygens (including phenoxy) is 2. The van der Waals surface area contributed by atoms with E-state index >= 15 is 0 Å². The minimum absolute atomic E-state index is 0.389. The second-order valence-electron chi connectivity index (χ2n) is 4.20. The summed E-state index contributed by atoms with van der Waals surface area (Å²) in [5.41, 5.74) is 0.884. The van der Waals surface area contributed by atoms with Gasteiger partial charge >= 0.3 is 5.97 Å². The van der Waals surface area contributed by atoms with Gasteiger partial charge in [0, 0.05) is 24.9 Å². The minimum atomic E-state index is -0.951. The molecule has 2 heterocycles. The van der Waals surface area contributed by atoms with Crippen molar-refractivity contribution in [3.05, 3.63) is 48.3 Å². The molecule has 0 bridgehead atoms. The molecule has 1 unspecified atom stereocenters. The van der Waals surface area contributed by atoms with Gasteiger partial charge < -0.3 is 14.6 Å². The summed E-state index contributed by atoms with van der Waals surface area (Å²) in [7, 11) is 0. The third kappa shape index (κ3) is 2.35. The van der Waals surface area contributed by atoms with E-state index < -0.39 is 12.1 Å². The molecular formula is C14H11NO4. The first-order valence-electron chi connectivity index (χ1n) is 5.82. The number of hydrogen-bond donors (Lipinski definition) is 1. The molecule has 0 fully saturated rings. The van der Waals surface area contributed by atoms with Crippen LogP contribution in [0, 0.1) is 0 Å². The fourth-order valence-corrected chi connectivity index (χ4v) is 1.95. The zero-order valence-corrected chi connectivity index (χ0v) is 9.95. The molecule has 2 aromatic rings. The maximum absolute atomic E-state index is 10.9. The van der Waals surface area contributed by atoms with Crippen molar-refractivity contribution in [3.63, 3.8) is 0 Å². The fourth-order valence-electron chi connectivity index (χ4n) is 1.95. The molecule has 5 nitrogen and oxygen atoms in total. The highest BCUT2D eigenvalue weighted by Crippen LogP contribution is 2.34. The van der Waals surface area contributed by atoms with Crippen LogP contribution in [-0.2, 0) is 11.2 Å². The highest BCUT2D eigenvalue weighted by atomic mass is 16.5. The second-order valence-corrected chi connectivity index (χ2v) is 4.20. The van der Waals surface area contributed by atoms with Gasteiger partial charge in [0.05, 0.1) is 0 Å². The number of carbonyl (C=O) groups is 1. The quantitative estimate of drug-likeness (QED) is 0.913. The molecule has 1 atom stereocenters. The Morgan fingerprint density at radius 1 is 1.26 bits per heavy atom. The van der Waals surface area contributed by atoms with Crippen LogP contribution in [0.15, 0.2) is 42.7 Å². The van der Waals surface area contributed by atoms with Crippen molar-refractivity contribution in [2.24, 2.45) is 0 Å². The third-order valence-corrected chi connectivity index (χ3v) is 2.87. The minimum Gasteiger partial charge on any atom is -0.478 e. The Morgan fingerprint density at radius 2 is 2.05 bits per heavy atom. The number of rotatable bonds is 3. The van der Waals surface area contributed by atoms with Crippen molar-refractivity contribution in [2.75, 3.05) is 0 Å². The van der Waals surface area contributed by atoms with Crippen LogP contribution in [0.25, 0.3) is 0 Å². The zero-order chi connectivity index (χ0) is 13.2. The molecule has 1 N–H and O–H groups in total. The Bertz CT molecular complexity index is 612. The standard InChI is InChI=1S/C14H11NO4/c16-14(17)13-7-9-1-2-11(8-12(9)19-13)18-10-3-5-15-6-4-10/h1-6,8,13H,7H2,(H,16,17). The monoisotopic (exact) mass is 257 g/mol. The first-order valence-corrected chi connectivity index (χ1v) is 5.82. The Balaban J connectivity index is 1.80. The first-order chi connectivity index (χ1) is 9.22. The maximum Gasteiger partial charge on any atom is 0.345 e. The summed E-state index contributed by atoms with van der Waals surface area (Å²) < 4.78 is 11.0. The van der Waals surface area contributed by atoms with E-state index in [0.29, 0.717) is 23.7 Å². The number of hydrogen-bond acceptors (Lipinski definition) is 4. The van der Waals surface area contributed by atoms with Gasteiger partial charge in [-0.15, -0.1) is 0 Å². The highest BCUT2D eigenvalue weighted by Gasteiger charge is 2.28. The predicted molar refractivity (Wildman–Crippen MR) is 66.5 cm³/mol. The number of nitrogens with zero attached hydrogens (tertiary/aromatic N) is 1. The number of benzene rings is 1. The molecule has 96 valence electrons. The van der Waals surface area contributed by atoms with Crippen molar-refractivity contribution < 1.29 is 19.4 Å². The van der Waals surface area contributed by atoms with Crippen LogP contribution in [0.5, 0.6) is 17.2 Å². The largest absolute Gasteiger partial charge is 0.478 e. The van der Waals surface area contributed by atoms with Crippen LogP contribution < -0.4 is 9.47 Å². The van der Waals surface area contributed by atoms with Gasteiger partial charge in [-0.1, -0.05) is 6.07 Å². The summed E-state index contributed by atoms with van der Waals surface area (Å²) in [6.07, 6.45) is 2.87. The van der Waals surface area contributed by atoms with Gasteiger partial charge in [0.2, 0.25) is 0 Å². The number of aliphatic carboxylic acids is 1. The van der Waals surface area contributed by atoms with E-state index in [-0.39, 0.29) is 0 Å². The van der Waals surface area contributed by atoms with Crippen LogP contribution >= 0.6 is 0 Å². The van der Waals surface area contributed by atoms with Crippen LogP contribution in [0.4, 0.5) is 0 Å². The Kier molecular flexibility index (Phi) is 2.79. The van der Waals surface area contributed by atoms with E-state index in [0.717, 1.165) is 5.56 Å². The molecule has 0 saturated heterocycles. The molecule has 1 aromatic heterocycles. The molecular weight excluding hydrogens is 246 g/mol. The molecule has 19 heavy (non-hydrogen) atoms. The lowest BCUT2D eigenvalue weighted by Crippen LogP contribution is -2.24. The Morgan fingerprint density at radius 3 is 2.79 bits per heavy atom. The fraction of sp³-hybridized carbons (Fsp3) is 0.143. The van der Waals surface area contributed by atoms with Crippen LogP contribution in [-0.4, -0.2) is 22.2 Å². The predicted octanol–water partition coefficient (Wildman–Crippen LogP) is 2.26. The third-order valence-electron chi connectivity index (χ3n) is 2.87. The Labute approximate surface area is 109 Å². The van der Waals surface area contributed by atoms with Crippen molar-refractivity contribution >= 4 is 5.97 Å². The van der Waals surface area contributed by atoms with Gasteiger partial charge in [-0.3, -0.25) is 4.98 Å². The molecule has 0 radical (unpaired) electrons. The highest BCUT2D eigenvalue weighted by molar-refractivity contribution is 5.74. The molecule has 1 aromatic carbocycles. The molecule has 0 saturated carbocycles. The molecule has 5 heteroatoms. The van der Waals surface area contributed by atoms with Gasteiger partial charge in [-0.25, -0.2) is 4.79 Å². The summed E-state index contributed by atoms with van der Waals surface area (Å²) in [6, 6.07) is 8.82. The molecule has 0 amide bonds. The normalized spacial score (nSPS) is 16.5. The average molecular weight is 257 g/mol. The smallest absolute Gasteiger partial charge is 0.345 e. The number of aromatic nitrogens is 1. The van der Waals surface area contributed by atoms with Gasteiger partial charge in [0.15, 0.2) is 6.10 Å². The van der Waals surface area contributed by atoms with Crippen LogP contribution in [0.3, 0.4) is 0 Å². The molecule has 3 rings (SSSR count). The van der Waals surface area contributed by atoms with Gasteiger partial charge in [0.25, 0.3) is 0 Å². The number of carboxylic acids is 1. The van der Waals surface area contributed by atoms with Crippen molar-refractivity contribution in [2.45, 2.75) is 12.5 Å². The summed E-state index contributed by atoms with van der Waals surface area (Å²) in [6.45, 7) is 0. The Hall–Kier alpha value is -2.56. The van der Waals surface area contributed by atoms with E-state index in [1.807, 2.05) is 6.07 Å². The lowest BCUT2D eigenvalue weighted by atomic mass is 10.1. The van der Waals surface area contributed by atoms with E-state index in [1.165, 1.54) is 0 Å². The molecule has 1 aliphatic rings. The summed E-state index contributed by atoms with van der Waals surface area (Å²) in [5, 5.41) is 8.93. The SMILES string of the molecule is O=C(O)C1Cc2ccc(Oc3ccncc3)cc2O1. The van der Waals surface area contributed by atoms with Gasteiger partial charge in [-0.05, 0) is 23.8 Å². The van der Waals surface area contributed by atoms with Crippen molar-refractivity contribution in [1.29, 1.82) is 0 Å². The average Bonchev–Trinajstić information content (AvgIpc) is 2.83. The lowest BCUT2D eigenvalue weighted by Gasteiger charge is -2.07. The topological polar surface area (TPSA) is 68.7 Å². The van der Waals surface area contributed by atoms with Crippen LogP contribution in [0.1, 0.15) is 5.56 Å². The van der Waals surface area contributed by atoms with E-state index in [1.54, 1.807) is 36.7 Å². The van der Waals surface area contributed by atoms with E-state index in [2.05, 4.69) is 4.98 Å². The van der Waals surface area contributed by atoms with Gasteiger partial charge in [-0.2, -0.15) is 0 Å². The lowest BCUT2D eigenvalue weighted by molar-refractivity contribution is -0.144. The second kappa shape index (κ2) is 4.61. The summed E-state index contributed by atoms with van der Waals surface area (Å²) in [5.74, 6) is 0.894. The van der Waals surface area contributed by atoms with E-state index in [4.69, 9.17) is 14.6 Å². The number of pyridine rings is 1. The van der Waals surface area contributed by atoms with Crippen molar-refractivity contribution in [3.8, 4) is 17.2 Å². The number of carboxylic acid groups (broad SMARTS) is 1.